The maximum atomic E-state index is 12.9. The van der Waals surface area contributed by atoms with Crippen LogP contribution in [0.1, 0.15) is 56.7 Å². The number of benzene rings is 1. The molecule has 23 heavy (non-hydrogen) atoms. The predicted molar refractivity (Wildman–Crippen MR) is 91.0 cm³/mol. The van der Waals surface area contributed by atoms with E-state index in [1.54, 1.807) is 10.9 Å². The summed E-state index contributed by atoms with van der Waals surface area (Å²) in [5.74, 6) is 0.689. The van der Waals surface area contributed by atoms with Crippen LogP contribution in [0.5, 0.6) is 0 Å². The molecular weight excluding hydrogens is 286 g/mol. The van der Waals surface area contributed by atoms with E-state index in [9.17, 15) is 4.79 Å². The van der Waals surface area contributed by atoms with Crippen LogP contribution in [0.15, 0.2) is 42.7 Å². The van der Waals surface area contributed by atoms with Gasteiger partial charge in [-0.2, -0.15) is 5.10 Å². The van der Waals surface area contributed by atoms with Crippen molar-refractivity contribution in [1.29, 1.82) is 0 Å². The third-order valence-corrected chi connectivity index (χ3v) is 4.55. The predicted octanol–water partition coefficient (Wildman–Crippen LogP) is 3.76. The molecule has 4 nitrogen and oxygen atoms in total. The molecule has 0 radical (unpaired) electrons. The largest absolute Gasteiger partial charge is 0.334 e. The molecule has 1 fully saturated rings. The third-order valence-electron chi connectivity index (χ3n) is 4.55. The van der Waals surface area contributed by atoms with Crippen molar-refractivity contribution in [1.82, 2.24) is 14.7 Å². The summed E-state index contributed by atoms with van der Waals surface area (Å²) in [6, 6.07) is 10.6. The minimum absolute atomic E-state index is 0.157. The Morgan fingerprint density at radius 1 is 1.26 bits per heavy atom. The summed E-state index contributed by atoms with van der Waals surface area (Å²) >= 11 is 0. The van der Waals surface area contributed by atoms with Crippen LogP contribution in [-0.2, 0) is 11.3 Å². The molecule has 0 saturated heterocycles. The molecule has 0 aliphatic heterocycles. The summed E-state index contributed by atoms with van der Waals surface area (Å²) in [6.07, 6.45) is 5.80. The van der Waals surface area contributed by atoms with Gasteiger partial charge in [0, 0.05) is 25.0 Å². The zero-order valence-corrected chi connectivity index (χ0v) is 14.1. The number of hydrogen-bond donors (Lipinski definition) is 0. The maximum Gasteiger partial charge on any atom is 0.247 e. The Morgan fingerprint density at radius 2 is 1.96 bits per heavy atom. The van der Waals surface area contributed by atoms with Gasteiger partial charge in [0.15, 0.2) is 0 Å². The number of amides is 1. The average molecular weight is 311 g/mol. The molecule has 1 atom stereocenters. The van der Waals surface area contributed by atoms with E-state index < -0.39 is 0 Å². The van der Waals surface area contributed by atoms with Gasteiger partial charge in [-0.3, -0.25) is 9.48 Å². The summed E-state index contributed by atoms with van der Waals surface area (Å²) in [5, 5.41) is 4.21. The van der Waals surface area contributed by atoms with Crippen LogP contribution in [0.4, 0.5) is 0 Å². The molecule has 0 N–H and O–H groups in total. The van der Waals surface area contributed by atoms with Gasteiger partial charge < -0.3 is 4.90 Å². The Labute approximate surface area is 138 Å². The molecule has 0 bridgehead atoms. The number of carbonyl (C=O) groups excluding carboxylic acids is 1. The SMILES string of the molecule is CC(C)c1ccc(CN(C(=O)C(C)n2cccn2)C2CC2)cc1. The lowest BCUT2D eigenvalue weighted by molar-refractivity contribution is -0.135. The Morgan fingerprint density at radius 3 is 2.48 bits per heavy atom. The molecule has 1 aliphatic rings. The number of hydrogen-bond acceptors (Lipinski definition) is 2. The summed E-state index contributed by atoms with van der Waals surface area (Å²) in [5.41, 5.74) is 2.53. The number of carbonyl (C=O) groups is 1. The van der Waals surface area contributed by atoms with E-state index >= 15 is 0 Å². The Balaban J connectivity index is 1.73. The van der Waals surface area contributed by atoms with E-state index in [2.05, 4.69) is 43.2 Å². The summed E-state index contributed by atoms with van der Waals surface area (Å²) in [7, 11) is 0. The summed E-state index contributed by atoms with van der Waals surface area (Å²) in [4.78, 5) is 14.9. The smallest absolute Gasteiger partial charge is 0.247 e. The number of rotatable bonds is 6. The number of nitrogens with zero attached hydrogens (tertiary/aromatic N) is 3. The second-order valence-electron chi connectivity index (χ2n) is 6.76. The topological polar surface area (TPSA) is 38.1 Å². The molecule has 1 aromatic carbocycles. The van der Waals surface area contributed by atoms with Gasteiger partial charge in [0.2, 0.25) is 5.91 Å². The van der Waals surface area contributed by atoms with Crippen LogP contribution in [0.25, 0.3) is 0 Å². The first-order valence-electron chi connectivity index (χ1n) is 8.44. The minimum atomic E-state index is -0.250. The fraction of sp³-hybridized carbons (Fsp3) is 0.474. The lowest BCUT2D eigenvalue weighted by Gasteiger charge is -2.26. The van der Waals surface area contributed by atoms with Gasteiger partial charge in [-0.1, -0.05) is 38.1 Å². The third kappa shape index (κ3) is 3.63. The van der Waals surface area contributed by atoms with Gasteiger partial charge in [-0.25, -0.2) is 0 Å². The standard InChI is InChI=1S/C19H25N3O/c1-14(2)17-7-5-16(6-8-17)13-21(18-9-10-18)19(23)15(3)22-12-4-11-20-22/h4-8,11-12,14-15,18H,9-10,13H2,1-3H3. The molecule has 3 rings (SSSR count). The first-order chi connectivity index (χ1) is 11.1. The van der Waals surface area contributed by atoms with Crippen molar-refractivity contribution in [2.45, 2.75) is 58.2 Å². The first-order valence-corrected chi connectivity index (χ1v) is 8.44. The monoisotopic (exact) mass is 311 g/mol. The molecular formula is C19H25N3O. The van der Waals surface area contributed by atoms with E-state index in [-0.39, 0.29) is 11.9 Å². The van der Waals surface area contributed by atoms with Gasteiger partial charge in [0.1, 0.15) is 6.04 Å². The molecule has 0 spiro atoms. The molecule has 1 unspecified atom stereocenters. The van der Waals surface area contributed by atoms with Crippen molar-refractivity contribution in [2.24, 2.45) is 0 Å². The second-order valence-corrected chi connectivity index (χ2v) is 6.76. The van der Waals surface area contributed by atoms with Crippen molar-refractivity contribution >= 4 is 5.91 Å². The normalized spacial score (nSPS) is 15.7. The minimum Gasteiger partial charge on any atom is -0.334 e. The second kappa shape index (κ2) is 6.57. The van der Waals surface area contributed by atoms with Crippen molar-refractivity contribution in [3.63, 3.8) is 0 Å². The van der Waals surface area contributed by atoms with Gasteiger partial charge in [0.25, 0.3) is 0 Å². The van der Waals surface area contributed by atoms with E-state index in [0.717, 1.165) is 12.8 Å². The van der Waals surface area contributed by atoms with Crippen LogP contribution in [0.2, 0.25) is 0 Å². The Bertz CT molecular complexity index is 642. The van der Waals surface area contributed by atoms with Crippen LogP contribution >= 0.6 is 0 Å². The van der Waals surface area contributed by atoms with Gasteiger partial charge in [0.05, 0.1) is 0 Å². The molecule has 4 heteroatoms. The molecule has 2 aromatic rings. The quantitative estimate of drug-likeness (QED) is 0.814. The highest BCUT2D eigenvalue weighted by molar-refractivity contribution is 5.80. The summed E-state index contributed by atoms with van der Waals surface area (Å²) in [6.45, 7) is 7.00. The molecule has 1 aromatic heterocycles. The molecule has 1 saturated carbocycles. The van der Waals surface area contributed by atoms with E-state index in [0.29, 0.717) is 18.5 Å². The number of aromatic nitrogens is 2. The highest BCUT2D eigenvalue weighted by Crippen LogP contribution is 2.30. The van der Waals surface area contributed by atoms with Gasteiger partial charge in [-0.15, -0.1) is 0 Å². The van der Waals surface area contributed by atoms with Gasteiger partial charge in [-0.05, 0) is 42.9 Å². The molecule has 122 valence electrons. The first kappa shape index (κ1) is 15.8. The van der Waals surface area contributed by atoms with Crippen LogP contribution in [-0.4, -0.2) is 26.6 Å². The highest BCUT2D eigenvalue weighted by Gasteiger charge is 2.35. The van der Waals surface area contributed by atoms with Crippen molar-refractivity contribution in [2.75, 3.05) is 0 Å². The molecule has 1 heterocycles. The van der Waals surface area contributed by atoms with Crippen molar-refractivity contribution < 1.29 is 4.79 Å². The van der Waals surface area contributed by atoms with E-state index in [1.807, 2.05) is 24.1 Å². The molecule has 1 amide bonds. The Hall–Kier alpha value is -2.10. The van der Waals surface area contributed by atoms with Crippen molar-refractivity contribution in [3.8, 4) is 0 Å². The average Bonchev–Trinajstić information content (AvgIpc) is 3.25. The van der Waals surface area contributed by atoms with Crippen LogP contribution in [0, 0.1) is 0 Å². The van der Waals surface area contributed by atoms with Gasteiger partial charge >= 0.3 is 0 Å². The van der Waals surface area contributed by atoms with Crippen molar-refractivity contribution in [3.05, 3.63) is 53.9 Å². The lowest BCUT2D eigenvalue weighted by atomic mass is 10.0. The highest BCUT2D eigenvalue weighted by atomic mass is 16.2. The maximum absolute atomic E-state index is 12.9. The fourth-order valence-electron chi connectivity index (χ4n) is 2.84. The zero-order chi connectivity index (χ0) is 16.4. The van der Waals surface area contributed by atoms with E-state index in [4.69, 9.17) is 0 Å². The lowest BCUT2D eigenvalue weighted by Crippen LogP contribution is -2.37. The summed E-state index contributed by atoms with van der Waals surface area (Å²) < 4.78 is 1.74. The van der Waals surface area contributed by atoms with Crippen LogP contribution < -0.4 is 0 Å². The van der Waals surface area contributed by atoms with Crippen LogP contribution in [0.3, 0.4) is 0 Å². The fourth-order valence-corrected chi connectivity index (χ4v) is 2.84. The zero-order valence-electron chi connectivity index (χ0n) is 14.1. The van der Waals surface area contributed by atoms with E-state index in [1.165, 1.54) is 11.1 Å². The molecule has 1 aliphatic carbocycles. The Kier molecular flexibility index (Phi) is 4.51.